The summed E-state index contributed by atoms with van der Waals surface area (Å²) in [6, 6.07) is 2.84. The third-order valence-electron chi connectivity index (χ3n) is 2.74. The van der Waals surface area contributed by atoms with Gasteiger partial charge in [0.2, 0.25) is 0 Å². The number of halogens is 7. The molecule has 0 aromatic carbocycles. The predicted octanol–water partition coefficient (Wildman–Crippen LogP) is 4.47. The second kappa shape index (κ2) is 6.42. The smallest absolute Gasteiger partial charge is 0.263 e. The summed E-state index contributed by atoms with van der Waals surface area (Å²) in [7, 11) is 0. The molecule has 2 aromatic heterocycles. The van der Waals surface area contributed by atoms with Gasteiger partial charge >= 0.3 is 12.4 Å². The van der Waals surface area contributed by atoms with Gasteiger partial charge < -0.3 is 0 Å². The van der Waals surface area contributed by atoms with Crippen LogP contribution in [-0.2, 0) is 12.4 Å². The Morgan fingerprint density at radius 1 is 0.957 bits per heavy atom. The van der Waals surface area contributed by atoms with E-state index in [2.05, 4.69) is 9.97 Å². The van der Waals surface area contributed by atoms with Gasteiger partial charge in [0.15, 0.2) is 0 Å². The van der Waals surface area contributed by atoms with E-state index < -0.39 is 29.2 Å². The molecule has 2 rings (SSSR count). The number of pyridine rings is 2. The van der Waals surface area contributed by atoms with Crippen molar-refractivity contribution in [2.75, 3.05) is 0 Å². The molecule has 0 radical (unpaired) electrons. The van der Waals surface area contributed by atoms with Crippen LogP contribution in [0.3, 0.4) is 0 Å². The molecule has 2 heterocycles. The lowest BCUT2D eigenvalue weighted by Crippen LogP contribution is -2.18. The molecule has 0 aliphatic carbocycles. The largest absolute Gasteiger partial charge is 0.419 e. The average Bonchev–Trinajstić information content (AvgIpc) is 2.44. The van der Waals surface area contributed by atoms with Gasteiger partial charge in [0.05, 0.1) is 22.4 Å². The molecular formula is C13H6ClF6N3. The van der Waals surface area contributed by atoms with Gasteiger partial charge in [-0.25, -0.2) is 0 Å². The van der Waals surface area contributed by atoms with Gasteiger partial charge in [-0.1, -0.05) is 0 Å². The van der Waals surface area contributed by atoms with E-state index in [0.717, 1.165) is 18.5 Å². The maximum atomic E-state index is 13.1. The zero-order valence-corrected chi connectivity index (χ0v) is 11.7. The molecule has 0 aliphatic rings. The monoisotopic (exact) mass is 353 g/mol. The third kappa shape index (κ3) is 3.71. The minimum Gasteiger partial charge on any atom is -0.263 e. The first-order valence-corrected chi connectivity index (χ1v) is 5.64. The predicted molar refractivity (Wildman–Crippen MR) is 69.4 cm³/mol. The highest BCUT2D eigenvalue weighted by Crippen LogP contribution is 2.44. The highest BCUT2D eigenvalue weighted by Gasteiger charge is 2.45. The zero-order valence-electron chi connectivity index (χ0n) is 10.9. The van der Waals surface area contributed by atoms with E-state index in [9.17, 15) is 26.3 Å². The lowest BCUT2D eigenvalue weighted by molar-refractivity contribution is -0.161. The molecule has 0 spiro atoms. The van der Waals surface area contributed by atoms with Crippen LogP contribution in [-0.4, -0.2) is 9.97 Å². The second-order valence-corrected chi connectivity index (χ2v) is 4.11. The van der Waals surface area contributed by atoms with Crippen LogP contribution in [0.1, 0.15) is 16.7 Å². The SMILES string of the molecule is Cl.N#Cc1cnccc1-c1nccc(C(F)(F)F)c1C(F)(F)F. The van der Waals surface area contributed by atoms with Gasteiger partial charge in [0, 0.05) is 24.2 Å². The summed E-state index contributed by atoms with van der Waals surface area (Å²) in [5.41, 5.74) is -5.41. The average molecular weight is 354 g/mol. The molecule has 3 nitrogen and oxygen atoms in total. The lowest BCUT2D eigenvalue weighted by atomic mass is 9.98. The number of nitriles is 1. The number of rotatable bonds is 1. The number of hydrogen-bond donors (Lipinski definition) is 0. The van der Waals surface area contributed by atoms with Gasteiger partial charge in [-0.2, -0.15) is 31.6 Å². The fraction of sp³-hybridized carbons (Fsp3) is 0.154. The fourth-order valence-electron chi connectivity index (χ4n) is 1.88. The van der Waals surface area contributed by atoms with E-state index in [1.165, 1.54) is 0 Å². The van der Waals surface area contributed by atoms with E-state index in [4.69, 9.17) is 5.26 Å². The standard InChI is InChI=1S/C13H5F6N3.ClH/c14-12(15,16)9-2-4-22-11(10(9)13(17,18)19)8-1-3-21-6-7(8)5-20;/h1-4,6H;1H. The van der Waals surface area contributed by atoms with Crippen molar-refractivity contribution in [3.05, 3.63) is 47.4 Å². The molecule has 23 heavy (non-hydrogen) atoms. The Kier molecular flexibility index (Phi) is 5.22. The zero-order chi connectivity index (χ0) is 16.5. The number of hydrogen-bond acceptors (Lipinski definition) is 3. The van der Waals surface area contributed by atoms with E-state index in [1.807, 2.05) is 0 Å². The van der Waals surface area contributed by atoms with Crippen LogP contribution >= 0.6 is 12.4 Å². The van der Waals surface area contributed by atoms with Crippen LogP contribution in [0.15, 0.2) is 30.7 Å². The Morgan fingerprint density at radius 3 is 2.13 bits per heavy atom. The third-order valence-corrected chi connectivity index (χ3v) is 2.74. The summed E-state index contributed by atoms with van der Waals surface area (Å²) < 4.78 is 77.9. The van der Waals surface area contributed by atoms with E-state index >= 15 is 0 Å². The van der Waals surface area contributed by atoms with Gasteiger partial charge in [-0.3, -0.25) is 9.97 Å². The van der Waals surface area contributed by atoms with Crippen LogP contribution in [0.2, 0.25) is 0 Å². The summed E-state index contributed by atoms with van der Waals surface area (Å²) in [6.07, 6.45) is -7.85. The van der Waals surface area contributed by atoms with Gasteiger partial charge in [0.1, 0.15) is 6.07 Å². The fourth-order valence-corrected chi connectivity index (χ4v) is 1.88. The maximum absolute atomic E-state index is 13.1. The maximum Gasteiger partial charge on any atom is 0.419 e. The summed E-state index contributed by atoms with van der Waals surface area (Å²) in [4.78, 5) is 6.95. The van der Waals surface area contributed by atoms with E-state index in [-0.39, 0.29) is 29.6 Å². The van der Waals surface area contributed by atoms with Crippen molar-refractivity contribution in [1.29, 1.82) is 5.26 Å². The first kappa shape index (κ1) is 18.7. The van der Waals surface area contributed by atoms with Gasteiger partial charge in [0.25, 0.3) is 0 Å². The molecule has 2 aromatic rings. The normalized spacial score (nSPS) is 11.5. The summed E-state index contributed by atoms with van der Waals surface area (Å²) in [5, 5.41) is 8.88. The van der Waals surface area contributed by atoms with Crippen LogP contribution in [0.25, 0.3) is 11.3 Å². The molecule has 122 valence electrons. The minimum atomic E-state index is -5.29. The Bertz CT molecular complexity index is 749. The quantitative estimate of drug-likeness (QED) is 0.710. The topological polar surface area (TPSA) is 49.6 Å². The molecule has 0 bridgehead atoms. The second-order valence-electron chi connectivity index (χ2n) is 4.11. The number of aromatic nitrogens is 2. The molecular weight excluding hydrogens is 348 g/mol. The summed E-state index contributed by atoms with van der Waals surface area (Å²) >= 11 is 0. The highest BCUT2D eigenvalue weighted by molar-refractivity contribution is 5.85. The molecule has 10 heteroatoms. The Morgan fingerprint density at radius 2 is 1.61 bits per heavy atom. The summed E-state index contributed by atoms with van der Waals surface area (Å²) in [6.45, 7) is 0. The van der Waals surface area contributed by atoms with Gasteiger partial charge in [-0.05, 0) is 12.1 Å². The van der Waals surface area contributed by atoms with Gasteiger partial charge in [-0.15, -0.1) is 12.4 Å². The Hall–Kier alpha value is -2.34. The molecule has 0 fully saturated rings. The molecule has 0 atom stereocenters. The molecule has 0 saturated carbocycles. The van der Waals surface area contributed by atoms with Crippen molar-refractivity contribution >= 4 is 12.4 Å². The molecule has 0 unspecified atom stereocenters. The first-order valence-electron chi connectivity index (χ1n) is 5.64. The summed E-state index contributed by atoms with van der Waals surface area (Å²) in [5.74, 6) is 0. The molecule has 0 amide bonds. The Balaban J connectivity index is 0.00000264. The Labute approximate surface area is 132 Å². The molecule has 0 N–H and O–H groups in total. The van der Waals surface area contributed by atoms with Crippen molar-refractivity contribution < 1.29 is 26.3 Å². The van der Waals surface area contributed by atoms with Crippen molar-refractivity contribution in [1.82, 2.24) is 9.97 Å². The van der Waals surface area contributed by atoms with Crippen LogP contribution in [0.5, 0.6) is 0 Å². The van der Waals surface area contributed by atoms with E-state index in [0.29, 0.717) is 6.20 Å². The minimum absolute atomic E-state index is 0. The van der Waals surface area contributed by atoms with E-state index in [1.54, 1.807) is 6.07 Å². The number of alkyl halides is 6. The highest BCUT2D eigenvalue weighted by atomic mass is 35.5. The molecule has 0 saturated heterocycles. The van der Waals surface area contributed by atoms with Crippen LogP contribution in [0.4, 0.5) is 26.3 Å². The van der Waals surface area contributed by atoms with Crippen LogP contribution in [0, 0.1) is 11.3 Å². The van der Waals surface area contributed by atoms with Crippen LogP contribution < -0.4 is 0 Å². The first-order chi connectivity index (χ1) is 10.2. The van der Waals surface area contributed by atoms with Crippen molar-refractivity contribution in [2.24, 2.45) is 0 Å². The number of nitrogens with zero attached hydrogens (tertiary/aromatic N) is 3. The van der Waals surface area contributed by atoms with Crippen molar-refractivity contribution in [3.8, 4) is 17.3 Å². The van der Waals surface area contributed by atoms with Crippen molar-refractivity contribution in [3.63, 3.8) is 0 Å². The molecule has 0 aliphatic heterocycles. The lowest BCUT2D eigenvalue weighted by Gasteiger charge is -2.18. The van der Waals surface area contributed by atoms with Crippen molar-refractivity contribution in [2.45, 2.75) is 12.4 Å².